The third-order valence-electron chi connectivity index (χ3n) is 3.76. The number of nitrogens with zero attached hydrogens (tertiary/aromatic N) is 2. The smallest absolute Gasteiger partial charge is 0.311 e. The van der Waals surface area contributed by atoms with Crippen LogP contribution < -0.4 is 5.32 Å². The van der Waals surface area contributed by atoms with Crippen LogP contribution in [0.25, 0.3) is 0 Å². The third kappa shape index (κ3) is 3.37. The van der Waals surface area contributed by atoms with Gasteiger partial charge in [-0.25, -0.2) is 0 Å². The van der Waals surface area contributed by atoms with Crippen LogP contribution in [0, 0.1) is 5.41 Å². The lowest BCUT2D eigenvalue weighted by molar-refractivity contribution is -0.149. The summed E-state index contributed by atoms with van der Waals surface area (Å²) in [6, 6.07) is 1.82. The number of hydrogen-bond donors (Lipinski definition) is 2. The van der Waals surface area contributed by atoms with E-state index in [9.17, 15) is 14.7 Å². The lowest BCUT2D eigenvalue weighted by atomic mass is 9.82. The predicted molar refractivity (Wildman–Crippen MR) is 75.6 cm³/mol. The molecule has 0 spiro atoms. The number of carbonyl (C=O) groups excluding carboxylic acids is 1. The standard InChI is InChI=1S/C14H23N3O3/c1-5-14(6-2,13(19)20)9-15-12(18)11-7-8-17(16-11)10(3)4/h7-8,10H,5-6,9H2,1-4H3,(H,15,18)(H,19,20). The number of carbonyl (C=O) groups is 2. The quantitative estimate of drug-likeness (QED) is 0.801. The number of aliphatic carboxylic acids is 1. The Balaban J connectivity index is 2.72. The van der Waals surface area contributed by atoms with Gasteiger partial charge in [-0.15, -0.1) is 0 Å². The molecule has 0 aliphatic heterocycles. The van der Waals surface area contributed by atoms with Gasteiger partial charge in [0.15, 0.2) is 0 Å². The minimum absolute atomic E-state index is 0.114. The van der Waals surface area contributed by atoms with Gasteiger partial charge in [-0.3, -0.25) is 14.3 Å². The molecule has 1 aromatic heterocycles. The summed E-state index contributed by atoms with van der Waals surface area (Å²) in [5.41, 5.74) is -0.596. The van der Waals surface area contributed by atoms with E-state index < -0.39 is 11.4 Å². The average molecular weight is 281 g/mol. The molecule has 1 heterocycles. The van der Waals surface area contributed by atoms with Gasteiger partial charge in [-0.05, 0) is 32.8 Å². The predicted octanol–water partition coefficient (Wildman–Crippen LogP) is 2.08. The summed E-state index contributed by atoms with van der Waals surface area (Å²) in [5, 5.41) is 16.2. The summed E-state index contributed by atoms with van der Waals surface area (Å²) < 4.78 is 1.69. The van der Waals surface area contributed by atoms with Crippen molar-refractivity contribution in [2.24, 2.45) is 5.41 Å². The summed E-state index contributed by atoms with van der Waals surface area (Å²) >= 11 is 0. The van der Waals surface area contributed by atoms with Crippen molar-refractivity contribution >= 4 is 11.9 Å². The second-order valence-corrected chi connectivity index (χ2v) is 5.25. The molecule has 20 heavy (non-hydrogen) atoms. The van der Waals surface area contributed by atoms with Gasteiger partial charge in [0.05, 0.1) is 5.41 Å². The van der Waals surface area contributed by atoms with Crippen LogP contribution in [0.4, 0.5) is 0 Å². The fraction of sp³-hybridized carbons (Fsp3) is 0.643. The molecule has 6 heteroatoms. The van der Waals surface area contributed by atoms with Crippen LogP contribution in [0.15, 0.2) is 12.3 Å². The van der Waals surface area contributed by atoms with Crippen molar-refractivity contribution < 1.29 is 14.7 Å². The molecule has 0 atom stereocenters. The highest BCUT2D eigenvalue weighted by molar-refractivity contribution is 5.92. The molecule has 0 radical (unpaired) electrons. The lowest BCUT2D eigenvalue weighted by Crippen LogP contribution is -2.42. The van der Waals surface area contributed by atoms with Crippen LogP contribution >= 0.6 is 0 Å². The van der Waals surface area contributed by atoms with Crippen molar-refractivity contribution in [2.75, 3.05) is 6.54 Å². The van der Waals surface area contributed by atoms with Gasteiger partial charge in [0, 0.05) is 18.8 Å². The van der Waals surface area contributed by atoms with E-state index in [4.69, 9.17) is 0 Å². The molecule has 0 aliphatic rings. The number of amides is 1. The molecule has 1 aromatic rings. The molecule has 0 aliphatic carbocycles. The van der Waals surface area contributed by atoms with Crippen LogP contribution in [0.5, 0.6) is 0 Å². The zero-order chi connectivity index (χ0) is 15.3. The van der Waals surface area contributed by atoms with Crippen molar-refractivity contribution in [3.05, 3.63) is 18.0 Å². The van der Waals surface area contributed by atoms with E-state index in [-0.39, 0.29) is 18.5 Å². The van der Waals surface area contributed by atoms with Crippen LogP contribution in [-0.4, -0.2) is 33.3 Å². The number of hydrogen-bond acceptors (Lipinski definition) is 3. The maximum atomic E-state index is 12.0. The first-order valence-corrected chi connectivity index (χ1v) is 6.93. The monoisotopic (exact) mass is 281 g/mol. The maximum absolute atomic E-state index is 12.0. The third-order valence-corrected chi connectivity index (χ3v) is 3.76. The number of rotatable bonds is 7. The zero-order valence-corrected chi connectivity index (χ0v) is 12.5. The molecule has 0 bridgehead atoms. The van der Waals surface area contributed by atoms with E-state index in [0.717, 1.165) is 0 Å². The fourth-order valence-corrected chi connectivity index (χ4v) is 1.96. The van der Waals surface area contributed by atoms with Crippen molar-refractivity contribution in [2.45, 2.75) is 46.6 Å². The van der Waals surface area contributed by atoms with Crippen LogP contribution in [0.3, 0.4) is 0 Å². The van der Waals surface area contributed by atoms with E-state index in [1.54, 1.807) is 16.9 Å². The van der Waals surface area contributed by atoms with Gasteiger partial charge >= 0.3 is 5.97 Å². The minimum atomic E-state index is -0.906. The first kappa shape index (κ1) is 16.2. The van der Waals surface area contributed by atoms with Gasteiger partial charge in [0.25, 0.3) is 5.91 Å². The zero-order valence-electron chi connectivity index (χ0n) is 12.5. The second kappa shape index (κ2) is 6.54. The molecule has 1 amide bonds. The van der Waals surface area contributed by atoms with Crippen molar-refractivity contribution in [3.63, 3.8) is 0 Å². The minimum Gasteiger partial charge on any atom is -0.481 e. The Hall–Kier alpha value is -1.85. The largest absolute Gasteiger partial charge is 0.481 e. The Bertz CT molecular complexity index is 476. The summed E-state index contributed by atoms with van der Waals surface area (Å²) in [7, 11) is 0. The Labute approximate surface area is 119 Å². The topological polar surface area (TPSA) is 84.2 Å². The highest BCUT2D eigenvalue weighted by Crippen LogP contribution is 2.25. The second-order valence-electron chi connectivity index (χ2n) is 5.25. The average Bonchev–Trinajstić information content (AvgIpc) is 2.89. The highest BCUT2D eigenvalue weighted by Gasteiger charge is 2.35. The summed E-state index contributed by atoms with van der Waals surface area (Å²) in [4.78, 5) is 23.4. The Morgan fingerprint density at radius 1 is 1.40 bits per heavy atom. The van der Waals surface area contributed by atoms with Crippen molar-refractivity contribution in [1.82, 2.24) is 15.1 Å². The summed E-state index contributed by atoms with van der Waals surface area (Å²) in [6.45, 7) is 7.69. The molecule has 0 aromatic carbocycles. The normalized spacial score (nSPS) is 11.7. The molecular weight excluding hydrogens is 258 g/mol. The fourth-order valence-electron chi connectivity index (χ4n) is 1.96. The molecule has 6 nitrogen and oxygen atoms in total. The van der Waals surface area contributed by atoms with Gasteiger partial charge < -0.3 is 10.4 Å². The molecule has 0 unspecified atom stereocenters. The van der Waals surface area contributed by atoms with Gasteiger partial charge in [0.1, 0.15) is 5.69 Å². The number of carboxylic acid groups (broad SMARTS) is 1. The van der Waals surface area contributed by atoms with Gasteiger partial charge in [-0.1, -0.05) is 13.8 Å². The first-order chi connectivity index (χ1) is 9.36. The highest BCUT2D eigenvalue weighted by atomic mass is 16.4. The summed E-state index contributed by atoms with van der Waals surface area (Å²) in [5.74, 6) is -1.22. The van der Waals surface area contributed by atoms with Gasteiger partial charge in [-0.2, -0.15) is 5.10 Å². The van der Waals surface area contributed by atoms with Gasteiger partial charge in [0.2, 0.25) is 0 Å². The molecular formula is C14H23N3O3. The van der Waals surface area contributed by atoms with Crippen LogP contribution in [0.2, 0.25) is 0 Å². The summed E-state index contributed by atoms with van der Waals surface area (Å²) in [6.07, 6.45) is 2.68. The van der Waals surface area contributed by atoms with E-state index >= 15 is 0 Å². The lowest BCUT2D eigenvalue weighted by Gasteiger charge is -2.26. The number of nitrogens with one attached hydrogen (secondary N) is 1. The van der Waals surface area contributed by atoms with E-state index in [0.29, 0.717) is 18.5 Å². The molecule has 112 valence electrons. The molecule has 0 saturated heterocycles. The Morgan fingerprint density at radius 2 is 2.00 bits per heavy atom. The number of carboxylic acids is 1. The van der Waals surface area contributed by atoms with E-state index in [2.05, 4.69) is 10.4 Å². The van der Waals surface area contributed by atoms with E-state index in [1.807, 2.05) is 27.7 Å². The van der Waals surface area contributed by atoms with Crippen molar-refractivity contribution in [1.29, 1.82) is 0 Å². The first-order valence-electron chi connectivity index (χ1n) is 6.93. The molecule has 0 saturated carbocycles. The van der Waals surface area contributed by atoms with Crippen molar-refractivity contribution in [3.8, 4) is 0 Å². The van der Waals surface area contributed by atoms with E-state index in [1.165, 1.54) is 0 Å². The molecule has 1 rings (SSSR count). The molecule has 0 fully saturated rings. The maximum Gasteiger partial charge on any atom is 0.311 e. The van der Waals surface area contributed by atoms with Crippen LogP contribution in [0.1, 0.15) is 57.1 Å². The Kier molecular flexibility index (Phi) is 5.30. The Morgan fingerprint density at radius 3 is 2.40 bits per heavy atom. The molecule has 2 N–H and O–H groups in total. The SMILES string of the molecule is CCC(CC)(CNC(=O)c1ccn(C(C)C)n1)C(=O)O. The number of aromatic nitrogens is 2. The van der Waals surface area contributed by atoms with Crippen LogP contribution in [-0.2, 0) is 4.79 Å².